The van der Waals surface area contributed by atoms with Crippen LogP contribution in [0.4, 0.5) is 0 Å². The van der Waals surface area contributed by atoms with E-state index in [0.29, 0.717) is 33.4 Å². The van der Waals surface area contributed by atoms with Gasteiger partial charge in [-0.15, -0.1) is 0 Å². The lowest BCUT2D eigenvalue weighted by molar-refractivity contribution is 0.0994. The van der Waals surface area contributed by atoms with Gasteiger partial charge in [0.05, 0.1) is 34.0 Å². The average Bonchev–Trinajstić information content (AvgIpc) is 3.03. The van der Waals surface area contributed by atoms with Crippen molar-refractivity contribution < 1.29 is 23.7 Å². The Labute approximate surface area is 160 Å². The predicted octanol–water partition coefficient (Wildman–Crippen LogP) is 3.02. The summed E-state index contributed by atoms with van der Waals surface area (Å²) in [6.45, 7) is 0. The summed E-state index contributed by atoms with van der Waals surface area (Å²) in [5, 5.41) is 0. The van der Waals surface area contributed by atoms with Gasteiger partial charge in [-0.25, -0.2) is 0 Å². The summed E-state index contributed by atoms with van der Waals surface area (Å²) in [6, 6.07) is 8.67. The lowest BCUT2D eigenvalue weighted by Crippen LogP contribution is -2.14. The van der Waals surface area contributed by atoms with Crippen molar-refractivity contribution in [1.29, 1.82) is 0 Å². The summed E-state index contributed by atoms with van der Waals surface area (Å²) < 4.78 is 24.0. The molecule has 0 unspecified atom stereocenters. The molecular weight excluding hydrogens is 368 g/mol. The van der Waals surface area contributed by atoms with Gasteiger partial charge in [0.2, 0.25) is 0 Å². The first kappa shape index (κ1) is 18.8. The second-order valence-corrected chi connectivity index (χ2v) is 6.55. The molecule has 8 heteroatoms. The molecule has 7 nitrogen and oxygen atoms in total. The van der Waals surface area contributed by atoms with Crippen LogP contribution < -0.4 is 23.7 Å². The molecule has 0 spiro atoms. The van der Waals surface area contributed by atoms with Gasteiger partial charge in [0.15, 0.2) is 4.80 Å². The van der Waals surface area contributed by atoms with E-state index >= 15 is 0 Å². The zero-order chi connectivity index (χ0) is 19.6. The van der Waals surface area contributed by atoms with Crippen molar-refractivity contribution in [3.8, 4) is 23.0 Å². The molecule has 0 aliphatic heterocycles. The fourth-order valence-corrected chi connectivity index (χ4v) is 3.88. The van der Waals surface area contributed by atoms with Crippen molar-refractivity contribution in [2.45, 2.75) is 0 Å². The molecule has 3 aromatic rings. The molecule has 142 valence electrons. The van der Waals surface area contributed by atoms with Crippen molar-refractivity contribution in [2.24, 2.45) is 12.0 Å². The number of ether oxygens (including phenoxy) is 4. The maximum absolute atomic E-state index is 12.8. The molecule has 0 fully saturated rings. The Morgan fingerprint density at radius 1 is 0.926 bits per heavy atom. The molecule has 0 aliphatic carbocycles. The maximum Gasteiger partial charge on any atom is 0.283 e. The summed E-state index contributed by atoms with van der Waals surface area (Å²) in [4.78, 5) is 17.6. The Bertz CT molecular complexity index is 1070. The summed E-state index contributed by atoms with van der Waals surface area (Å²) in [6.07, 6.45) is 0. The first-order valence-electron chi connectivity index (χ1n) is 8.05. The highest BCUT2D eigenvalue weighted by Gasteiger charge is 2.17. The topological polar surface area (TPSA) is 71.3 Å². The van der Waals surface area contributed by atoms with E-state index in [-0.39, 0.29) is 0 Å². The van der Waals surface area contributed by atoms with Crippen LogP contribution in [-0.4, -0.2) is 38.9 Å². The van der Waals surface area contributed by atoms with E-state index in [0.717, 1.165) is 10.2 Å². The smallest absolute Gasteiger partial charge is 0.283 e. The number of carbonyl (C=O) groups excluding carboxylic acids is 1. The van der Waals surface area contributed by atoms with Gasteiger partial charge >= 0.3 is 0 Å². The van der Waals surface area contributed by atoms with E-state index in [1.165, 1.54) is 25.6 Å². The van der Waals surface area contributed by atoms with E-state index in [1.807, 2.05) is 23.7 Å². The Morgan fingerprint density at radius 3 is 2.19 bits per heavy atom. The van der Waals surface area contributed by atoms with Gasteiger partial charge in [-0.05, 0) is 30.3 Å². The van der Waals surface area contributed by atoms with Crippen molar-refractivity contribution >= 4 is 27.5 Å². The van der Waals surface area contributed by atoms with Gasteiger partial charge in [-0.2, -0.15) is 4.99 Å². The van der Waals surface area contributed by atoms with Crippen molar-refractivity contribution in [1.82, 2.24) is 4.57 Å². The number of aromatic nitrogens is 1. The molecule has 0 aliphatic rings. The molecule has 3 rings (SSSR count). The van der Waals surface area contributed by atoms with Crippen LogP contribution in [0.5, 0.6) is 23.0 Å². The minimum absolute atomic E-state index is 0.327. The number of thiazole rings is 1. The normalized spacial score (nSPS) is 11.5. The molecular formula is C19H20N2O5S. The van der Waals surface area contributed by atoms with E-state index in [1.54, 1.807) is 32.4 Å². The van der Waals surface area contributed by atoms with Gasteiger partial charge < -0.3 is 23.5 Å². The second kappa shape index (κ2) is 7.71. The van der Waals surface area contributed by atoms with E-state index in [9.17, 15) is 4.79 Å². The van der Waals surface area contributed by atoms with E-state index < -0.39 is 5.91 Å². The zero-order valence-corrected chi connectivity index (χ0v) is 16.5. The standard InChI is InChI=1S/C19H20N2O5S/c1-21-16-14(25-4)8-9-15(26-5)17(16)27-19(21)20-18(22)12-10-11(23-2)6-7-13(12)24-3/h6-10H,1-5H3. The summed E-state index contributed by atoms with van der Waals surface area (Å²) >= 11 is 1.35. The van der Waals surface area contributed by atoms with Crippen LogP contribution in [-0.2, 0) is 7.05 Å². The number of carbonyl (C=O) groups is 1. The zero-order valence-electron chi connectivity index (χ0n) is 15.7. The molecule has 0 saturated carbocycles. The van der Waals surface area contributed by atoms with Crippen LogP contribution in [0.3, 0.4) is 0 Å². The lowest BCUT2D eigenvalue weighted by Gasteiger charge is -2.07. The van der Waals surface area contributed by atoms with Gasteiger partial charge in [0.25, 0.3) is 5.91 Å². The maximum atomic E-state index is 12.8. The molecule has 0 N–H and O–H groups in total. The number of rotatable bonds is 5. The fourth-order valence-electron chi connectivity index (χ4n) is 2.76. The molecule has 27 heavy (non-hydrogen) atoms. The van der Waals surface area contributed by atoms with Crippen LogP contribution in [0, 0.1) is 0 Å². The highest BCUT2D eigenvalue weighted by atomic mass is 32.1. The average molecular weight is 388 g/mol. The molecule has 2 aromatic carbocycles. The number of methoxy groups -OCH3 is 4. The highest BCUT2D eigenvalue weighted by Crippen LogP contribution is 2.34. The largest absolute Gasteiger partial charge is 0.497 e. The Balaban J connectivity index is 2.19. The van der Waals surface area contributed by atoms with Gasteiger partial charge in [0, 0.05) is 7.05 Å². The third-order valence-corrected chi connectivity index (χ3v) is 5.29. The minimum atomic E-state index is -0.425. The Kier molecular flexibility index (Phi) is 5.36. The van der Waals surface area contributed by atoms with Crippen molar-refractivity contribution in [3.63, 3.8) is 0 Å². The van der Waals surface area contributed by atoms with Crippen LogP contribution in [0.15, 0.2) is 35.3 Å². The SMILES string of the molecule is COc1ccc(OC)c(C(=O)N=c2sc3c(OC)ccc(OC)c3n2C)c1. The predicted molar refractivity (Wildman–Crippen MR) is 103 cm³/mol. The molecule has 1 heterocycles. The molecule has 0 saturated heterocycles. The number of hydrogen-bond acceptors (Lipinski definition) is 6. The molecule has 0 atom stereocenters. The highest BCUT2D eigenvalue weighted by molar-refractivity contribution is 7.16. The summed E-state index contributed by atoms with van der Waals surface area (Å²) in [5.74, 6) is 1.93. The van der Waals surface area contributed by atoms with Crippen LogP contribution in [0.1, 0.15) is 10.4 Å². The first-order chi connectivity index (χ1) is 13.0. The van der Waals surface area contributed by atoms with Gasteiger partial charge in [0.1, 0.15) is 33.2 Å². The number of fused-ring (bicyclic) bond motifs is 1. The van der Waals surface area contributed by atoms with E-state index in [4.69, 9.17) is 18.9 Å². The fraction of sp³-hybridized carbons (Fsp3) is 0.263. The molecule has 0 radical (unpaired) electrons. The van der Waals surface area contributed by atoms with Crippen molar-refractivity contribution in [3.05, 3.63) is 40.7 Å². The number of aryl methyl sites for hydroxylation is 1. The Hall–Kier alpha value is -3.00. The monoisotopic (exact) mass is 388 g/mol. The minimum Gasteiger partial charge on any atom is -0.497 e. The first-order valence-corrected chi connectivity index (χ1v) is 8.87. The summed E-state index contributed by atoms with van der Waals surface area (Å²) in [7, 11) is 8.08. The van der Waals surface area contributed by atoms with Crippen molar-refractivity contribution in [2.75, 3.05) is 28.4 Å². The second-order valence-electron chi connectivity index (χ2n) is 5.57. The third-order valence-electron chi connectivity index (χ3n) is 4.15. The van der Waals surface area contributed by atoms with E-state index in [2.05, 4.69) is 4.99 Å². The number of hydrogen-bond donors (Lipinski definition) is 0. The van der Waals surface area contributed by atoms with Gasteiger partial charge in [-0.3, -0.25) is 4.79 Å². The van der Waals surface area contributed by atoms with Crippen LogP contribution >= 0.6 is 11.3 Å². The number of benzene rings is 2. The third kappa shape index (κ3) is 3.35. The molecule has 1 amide bonds. The summed E-state index contributed by atoms with van der Waals surface area (Å²) in [5.41, 5.74) is 1.14. The molecule has 1 aromatic heterocycles. The van der Waals surface area contributed by atoms with Gasteiger partial charge in [-0.1, -0.05) is 11.3 Å². The molecule has 0 bridgehead atoms. The Morgan fingerprint density at radius 2 is 1.56 bits per heavy atom. The number of nitrogens with zero attached hydrogens (tertiary/aromatic N) is 2. The lowest BCUT2D eigenvalue weighted by atomic mass is 10.2. The van der Waals surface area contributed by atoms with Crippen LogP contribution in [0.25, 0.3) is 10.2 Å². The quantitative estimate of drug-likeness (QED) is 0.672. The van der Waals surface area contributed by atoms with Crippen LogP contribution in [0.2, 0.25) is 0 Å². The number of amides is 1.